The van der Waals surface area contributed by atoms with Crippen LogP contribution in [-0.4, -0.2) is 50.5 Å². The lowest BCUT2D eigenvalue weighted by molar-refractivity contribution is -0.126. The molecule has 0 amide bonds. The molecule has 1 saturated carbocycles. The second-order valence-electron chi connectivity index (χ2n) is 7.82. The van der Waals surface area contributed by atoms with Gasteiger partial charge in [-0.3, -0.25) is 14.4 Å². The second kappa shape index (κ2) is 10.1. The Balaban J connectivity index is 0.00000256. The Hall–Kier alpha value is -1.67. The van der Waals surface area contributed by atoms with Crippen LogP contribution in [0.5, 0.6) is 0 Å². The van der Waals surface area contributed by atoms with Crippen LogP contribution in [0.3, 0.4) is 0 Å². The molecule has 4 rings (SSSR count). The fourth-order valence-corrected chi connectivity index (χ4v) is 4.22. The SMILES string of the molecule is Cl.O=C(C1CC1)C(c1ccccc1F)N1CCC(S)C(=Cc2ccn(CCO)n2)C1. The maximum atomic E-state index is 14.6. The van der Waals surface area contributed by atoms with Crippen LogP contribution >= 0.6 is 25.0 Å². The van der Waals surface area contributed by atoms with Gasteiger partial charge in [-0.1, -0.05) is 18.2 Å². The number of aromatic nitrogens is 2. The van der Waals surface area contributed by atoms with Crippen LogP contribution in [-0.2, 0) is 11.3 Å². The van der Waals surface area contributed by atoms with Gasteiger partial charge in [0.25, 0.3) is 0 Å². The van der Waals surface area contributed by atoms with Crippen molar-refractivity contribution in [1.29, 1.82) is 0 Å². The molecule has 2 aromatic rings. The number of ketones is 1. The molecule has 1 aromatic carbocycles. The molecule has 5 nitrogen and oxygen atoms in total. The molecule has 2 heterocycles. The molecule has 1 saturated heterocycles. The van der Waals surface area contributed by atoms with E-state index in [1.807, 2.05) is 18.3 Å². The Bertz CT molecular complexity index is 915. The molecule has 162 valence electrons. The molecule has 1 aliphatic heterocycles. The fourth-order valence-electron chi connectivity index (χ4n) is 3.94. The summed E-state index contributed by atoms with van der Waals surface area (Å²) in [5.41, 5.74) is 2.33. The van der Waals surface area contributed by atoms with Gasteiger partial charge < -0.3 is 5.11 Å². The van der Waals surface area contributed by atoms with Crippen LogP contribution in [0.4, 0.5) is 4.39 Å². The van der Waals surface area contributed by atoms with Crippen molar-refractivity contribution in [2.75, 3.05) is 19.7 Å². The molecule has 1 aromatic heterocycles. The van der Waals surface area contributed by atoms with Gasteiger partial charge in [0.05, 0.1) is 24.9 Å². The van der Waals surface area contributed by atoms with Gasteiger partial charge >= 0.3 is 0 Å². The number of carbonyl (C=O) groups excluding carboxylic acids is 1. The first kappa shape index (κ1) is 23.0. The van der Waals surface area contributed by atoms with Gasteiger partial charge in [-0.15, -0.1) is 12.4 Å². The highest BCUT2D eigenvalue weighted by Crippen LogP contribution is 2.39. The number of hydrogen-bond acceptors (Lipinski definition) is 5. The van der Waals surface area contributed by atoms with Crippen LogP contribution < -0.4 is 0 Å². The number of hydrogen-bond donors (Lipinski definition) is 2. The molecule has 8 heteroatoms. The standard InChI is InChI=1S/C22H26FN3O2S.ClH/c23-19-4-2-1-3-18(19)21(22(28)15-5-6-15)25-9-8-20(29)16(14-25)13-17-7-10-26(24-17)11-12-27;/h1-4,7,10,13,15,20-21,27,29H,5-6,8-9,11-12,14H2;1H. The van der Waals surface area contributed by atoms with Crippen LogP contribution in [0.1, 0.15) is 36.6 Å². The molecule has 2 fully saturated rings. The number of Topliss-reactive ketones (excluding diaryl/α,β-unsaturated/α-hetero) is 1. The summed E-state index contributed by atoms with van der Waals surface area (Å²) < 4.78 is 16.3. The Morgan fingerprint density at radius 3 is 2.77 bits per heavy atom. The van der Waals surface area contributed by atoms with Gasteiger partial charge in [0.15, 0.2) is 5.78 Å². The van der Waals surface area contributed by atoms with Gasteiger partial charge in [-0.2, -0.15) is 17.7 Å². The van der Waals surface area contributed by atoms with Crippen LogP contribution in [0, 0.1) is 11.7 Å². The summed E-state index contributed by atoms with van der Waals surface area (Å²) in [6.07, 6.45) is 6.41. The Kier molecular flexibility index (Phi) is 7.74. The van der Waals surface area contributed by atoms with E-state index in [9.17, 15) is 9.18 Å². The van der Waals surface area contributed by atoms with E-state index in [4.69, 9.17) is 17.7 Å². The van der Waals surface area contributed by atoms with Crippen molar-refractivity contribution in [3.05, 3.63) is 59.2 Å². The van der Waals surface area contributed by atoms with E-state index >= 15 is 0 Å². The van der Waals surface area contributed by atoms with Gasteiger partial charge in [0.1, 0.15) is 5.82 Å². The minimum Gasteiger partial charge on any atom is -0.394 e. The highest BCUT2D eigenvalue weighted by Gasteiger charge is 2.40. The maximum Gasteiger partial charge on any atom is 0.157 e. The Morgan fingerprint density at radius 1 is 1.30 bits per heavy atom. The summed E-state index contributed by atoms with van der Waals surface area (Å²) >= 11 is 4.73. The average molecular weight is 452 g/mol. The van der Waals surface area contributed by atoms with Crippen LogP contribution in [0.25, 0.3) is 6.08 Å². The molecule has 2 atom stereocenters. The van der Waals surface area contributed by atoms with Crippen LogP contribution in [0.15, 0.2) is 42.1 Å². The third kappa shape index (κ3) is 5.14. The predicted octanol–water partition coefficient (Wildman–Crippen LogP) is 3.54. The van der Waals surface area contributed by atoms with E-state index in [0.29, 0.717) is 25.2 Å². The number of benzene rings is 1. The number of aliphatic hydroxyl groups excluding tert-OH is 1. The quantitative estimate of drug-likeness (QED) is 0.632. The average Bonchev–Trinajstić information content (AvgIpc) is 3.47. The largest absolute Gasteiger partial charge is 0.394 e. The summed E-state index contributed by atoms with van der Waals surface area (Å²) in [4.78, 5) is 15.2. The highest BCUT2D eigenvalue weighted by atomic mass is 35.5. The summed E-state index contributed by atoms with van der Waals surface area (Å²) in [6.45, 7) is 1.74. The minimum absolute atomic E-state index is 0. The van der Waals surface area contributed by atoms with Crippen molar-refractivity contribution >= 4 is 36.9 Å². The Labute approximate surface area is 187 Å². The lowest BCUT2D eigenvalue weighted by atomic mass is 9.93. The number of likely N-dealkylation sites (tertiary alicyclic amines) is 1. The van der Waals surface area contributed by atoms with Crippen molar-refractivity contribution in [2.24, 2.45) is 5.92 Å². The van der Waals surface area contributed by atoms with Gasteiger partial charge in [0, 0.05) is 36.0 Å². The van der Waals surface area contributed by atoms with Gasteiger partial charge in [-0.05, 0) is 43.0 Å². The van der Waals surface area contributed by atoms with E-state index in [-0.39, 0.29) is 41.8 Å². The van der Waals surface area contributed by atoms with Crippen molar-refractivity contribution in [1.82, 2.24) is 14.7 Å². The number of piperidine rings is 1. The molecular weight excluding hydrogens is 425 g/mol. The lowest BCUT2D eigenvalue weighted by Crippen LogP contribution is -2.42. The van der Waals surface area contributed by atoms with E-state index in [2.05, 4.69) is 10.00 Å². The summed E-state index contributed by atoms with van der Waals surface area (Å²) in [6, 6.07) is 7.95. The van der Waals surface area contributed by atoms with Gasteiger partial charge in [0.2, 0.25) is 0 Å². The molecule has 1 aliphatic carbocycles. The number of halogens is 2. The molecule has 2 aliphatic rings. The molecule has 0 bridgehead atoms. The van der Waals surface area contributed by atoms with E-state index in [1.54, 1.807) is 22.9 Å². The molecule has 0 radical (unpaired) electrons. The molecular formula is C22H27ClFN3O2S. The predicted molar refractivity (Wildman–Crippen MR) is 120 cm³/mol. The third-order valence-corrected chi connectivity index (χ3v) is 6.23. The number of carbonyl (C=O) groups is 1. The van der Waals surface area contributed by atoms with E-state index in [1.165, 1.54) is 6.07 Å². The normalized spacial score (nSPS) is 22.0. The third-order valence-electron chi connectivity index (χ3n) is 5.64. The molecule has 2 unspecified atom stereocenters. The topological polar surface area (TPSA) is 58.4 Å². The number of aliphatic hydroxyl groups is 1. The second-order valence-corrected chi connectivity index (χ2v) is 8.45. The zero-order valence-corrected chi connectivity index (χ0v) is 18.4. The first-order valence-corrected chi connectivity index (χ1v) is 10.6. The minimum atomic E-state index is -0.556. The zero-order chi connectivity index (χ0) is 20.4. The lowest BCUT2D eigenvalue weighted by Gasteiger charge is -2.37. The van der Waals surface area contributed by atoms with Crippen molar-refractivity contribution in [3.63, 3.8) is 0 Å². The van der Waals surface area contributed by atoms with Gasteiger partial charge in [-0.25, -0.2) is 4.39 Å². The number of nitrogens with zero attached hydrogens (tertiary/aromatic N) is 3. The fraction of sp³-hybridized carbons (Fsp3) is 0.455. The summed E-state index contributed by atoms with van der Waals surface area (Å²) in [5.74, 6) is -0.151. The highest BCUT2D eigenvalue weighted by molar-refractivity contribution is 7.81. The zero-order valence-electron chi connectivity index (χ0n) is 16.7. The van der Waals surface area contributed by atoms with Crippen molar-refractivity contribution in [2.45, 2.75) is 37.1 Å². The van der Waals surface area contributed by atoms with E-state index < -0.39 is 6.04 Å². The maximum absolute atomic E-state index is 14.6. The first-order valence-electron chi connectivity index (χ1n) is 10.1. The van der Waals surface area contributed by atoms with Crippen molar-refractivity contribution < 1.29 is 14.3 Å². The molecule has 0 spiro atoms. The monoisotopic (exact) mass is 451 g/mol. The molecule has 30 heavy (non-hydrogen) atoms. The van der Waals surface area contributed by atoms with Crippen molar-refractivity contribution in [3.8, 4) is 0 Å². The first-order chi connectivity index (χ1) is 14.1. The number of thiol groups is 1. The molecule has 1 N–H and O–H groups in total. The van der Waals surface area contributed by atoms with Crippen LogP contribution in [0.2, 0.25) is 0 Å². The smallest absolute Gasteiger partial charge is 0.157 e. The number of rotatable bonds is 7. The van der Waals surface area contributed by atoms with E-state index in [0.717, 1.165) is 30.5 Å². The summed E-state index contributed by atoms with van der Waals surface area (Å²) in [7, 11) is 0. The summed E-state index contributed by atoms with van der Waals surface area (Å²) in [5, 5.41) is 13.6. The Morgan fingerprint density at radius 2 is 2.07 bits per heavy atom.